The highest BCUT2D eigenvalue weighted by molar-refractivity contribution is 7.08. The standard InChI is InChI=1S/C50H59NO2S/c1-52-5-6-53-4-3-51-16-27-26-14-24-12-21-10-22-9-19-8-20-11-23-13-25-15-50(27,49(51)18-2-7-54-17-18)48-34(25)39-33(23)38-29(20)28(19)36-32(22)37-30(21)31(24)40-35(26)47(48)46-44(39)42(38)41(36)43(37)45(40)46/h2,7,17,19-23,25,27-30,32-34,36-49H,3-6,8-16H2,1H3. The van der Waals surface area contributed by atoms with Crippen molar-refractivity contribution < 1.29 is 9.47 Å². The van der Waals surface area contributed by atoms with E-state index in [9.17, 15) is 0 Å². The first-order valence-electron chi connectivity index (χ1n) is 24.0. The van der Waals surface area contributed by atoms with E-state index in [0.29, 0.717) is 18.1 Å². The van der Waals surface area contributed by atoms with Gasteiger partial charge in [0.2, 0.25) is 0 Å². The minimum absolute atomic E-state index is 0.454. The van der Waals surface area contributed by atoms with Crippen LogP contribution in [0.2, 0.25) is 0 Å². The quantitative estimate of drug-likeness (QED) is 0.207. The summed E-state index contributed by atoms with van der Waals surface area (Å²) in [4.78, 5) is 3.08. The third-order valence-electron chi connectivity index (χ3n) is 24.8. The van der Waals surface area contributed by atoms with E-state index in [4.69, 9.17) is 9.47 Å². The Bertz CT molecular complexity index is 2030. The number of methoxy groups -OCH3 is 1. The molecule has 54 heavy (non-hydrogen) atoms. The lowest BCUT2D eigenvalue weighted by atomic mass is 9.41. The van der Waals surface area contributed by atoms with Gasteiger partial charge < -0.3 is 9.47 Å². The van der Waals surface area contributed by atoms with E-state index in [0.717, 1.165) is 138 Å². The fourth-order valence-corrected chi connectivity index (χ4v) is 26.8. The lowest BCUT2D eigenvalue weighted by Crippen LogP contribution is -2.59. The van der Waals surface area contributed by atoms with Crippen molar-refractivity contribution in [3.05, 3.63) is 44.7 Å². The molecule has 13 saturated carbocycles. The van der Waals surface area contributed by atoms with E-state index in [1.807, 2.05) is 18.4 Å². The zero-order chi connectivity index (χ0) is 34.0. The third-order valence-corrected chi connectivity index (χ3v) is 25.5. The van der Waals surface area contributed by atoms with Crippen molar-refractivity contribution >= 4 is 11.3 Å². The van der Waals surface area contributed by atoms with Gasteiger partial charge in [-0.25, -0.2) is 0 Å². The van der Waals surface area contributed by atoms with Crippen LogP contribution in [0, 0.1) is 159 Å². The van der Waals surface area contributed by atoms with Crippen LogP contribution < -0.4 is 0 Å². The number of likely N-dealkylation sites (tertiary alicyclic amines) is 1. The molecular weight excluding hydrogens is 679 g/mol. The summed E-state index contributed by atoms with van der Waals surface area (Å²) in [6.07, 6.45) is 13.0. The molecule has 0 amide bonds. The van der Waals surface area contributed by atoms with Gasteiger partial charge in [0.05, 0.1) is 19.8 Å². The fraction of sp³-hybridized carbons (Fsp3) is 0.840. The summed E-state index contributed by atoms with van der Waals surface area (Å²) in [5.74, 6) is 28.4. The predicted molar refractivity (Wildman–Crippen MR) is 205 cm³/mol. The van der Waals surface area contributed by atoms with E-state index in [-0.39, 0.29) is 0 Å². The molecule has 3 nitrogen and oxygen atoms in total. The number of hydrogen-bond acceptors (Lipinski definition) is 4. The Hall–Kier alpha value is -0.940. The Morgan fingerprint density at radius 2 is 1.35 bits per heavy atom. The van der Waals surface area contributed by atoms with Crippen LogP contribution in [0.1, 0.15) is 63.0 Å². The van der Waals surface area contributed by atoms with Gasteiger partial charge in [0.25, 0.3) is 0 Å². The normalized spacial score (nSPS) is 67.5. The maximum atomic E-state index is 6.35. The lowest BCUT2D eigenvalue weighted by Gasteiger charge is -2.62. The predicted octanol–water partition coefficient (Wildman–Crippen LogP) is 8.71. The summed E-state index contributed by atoms with van der Waals surface area (Å²) in [6, 6.07) is 3.22. The highest BCUT2D eigenvalue weighted by atomic mass is 32.1. The first kappa shape index (κ1) is 29.3. The van der Waals surface area contributed by atoms with Crippen LogP contribution in [0.25, 0.3) is 0 Å². The lowest BCUT2D eigenvalue weighted by molar-refractivity contribution is -0.149. The number of rotatable bonds is 7. The number of hydrogen-bond donors (Lipinski definition) is 0. The summed E-state index contributed by atoms with van der Waals surface area (Å²) in [6.45, 7) is 4.75. The summed E-state index contributed by atoms with van der Waals surface area (Å²) in [5, 5.41) is 5.08. The van der Waals surface area contributed by atoms with Crippen molar-refractivity contribution in [1.29, 1.82) is 0 Å². The highest BCUT2D eigenvalue weighted by Gasteiger charge is 2.88. The van der Waals surface area contributed by atoms with Crippen molar-refractivity contribution in [2.45, 2.75) is 57.4 Å². The van der Waals surface area contributed by atoms with Gasteiger partial charge >= 0.3 is 0 Å². The molecule has 1 saturated heterocycles. The van der Waals surface area contributed by atoms with Gasteiger partial charge in [-0.3, -0.25) is 4.90 Å². The molecule has 4 heteroatoms. The Morgan fingerprint density at radius 1 is 0.685 bits per heavy atom. The molecule has 28 unspecified atom stereocenters. The second kappa shape index (κ2) is 8.96. The average Bonchev–Trinajstić information content (AvgIpc) is 4.02. The second-order valence-electron chi connectivity index (χ2n) is 24.3. The molecule has 18 rings (SSSR count). The van der Waals surface area contributed by atoms with E-state index in [1.165, 1.54) is 54.9 Å². The first-order chi connectivity index (χ1) is 26.8. The van der Waals surface area contributed by atoms with Gasteiger partial charge in [-0.1, -0.05) is 22.3 Å². The molecule has 282 valence electrons. The Morgan fingerprint density at radius 3 is 2.13 bits per heavy atom. The molecule has 1 spiro atoms. The van der Waals surface area contributed by atoms with Crippen molar-refractivity contribution in [2.75, 3.05) is 40.0 Å². The molecule has 17 aliphatic rings. The molecule has 0 radical (unpaired) electrons. The number of allylic oxidation sites excluding steroid dienone is 3. The maximum absolute atomic E-state index is 6.35. The average molecular weight is 738 g/mol. The monoisotopic (exact) mass is 737 g/mol. The molecule has 0 N–H and O–H groups in total. The van der Waals surface area contributed by atoms with Crippen LogP contribution in [-0.2, 0) is 9.47 Å². The van der Waals surface area contributed by atoms with E-state index < -0.39 is 0 Å². The van der Waals surface area contributed by atoms with Gasteiger partial charge in [0, 0.05) is 43.5 Å². The summed E-state index contributed by atoms with van der Waals surface area (Å²) in [5.41, 5.74) is 10.9. The second-order valence-corrected chi connectivity index (χ2v) is 25.1. The molecule has 1 aromatic rings. The number of nitrogens with zero attached hydrogens (tertiary/aromatic N) is 1. The molecule has 2 heterocycles. The van der Waals surface area contributed by atoms with Crippen molar-refractivity contribution in [3.63, 3.8) is 0 Å². The van der Waals surface area contributed by atoms with Crippen LogP contribution in [-0.4, -0.2) is 44.9 Å². The van der Waals surface area contributed by atoms with Crippen molar-refractivity contribution in [2.24, 2.45) is 159 Å². The van der Waals surface area contributed by atoms with Gasteiger partial charge in [-0.2, -0.15) is 11.3 Å². The molecule has 16 aliphatic carbocycles. The molecule has 14 fully saturated rings. The van der Waals surface area contributed by atoms with E-state index in [1.54, 1.807) is 44.1 Å². The minimum atomic E-state index is 0.454. The van der Waals surface area contributed by atoms with Crippen LogP contribution in [0.15, 0.2) is 39.1 Å². The van der Waals surface area contributed by atoms with Gasteiger partial charge in [-0.15, -0.1) is 0 Å². The summed E-state index contributed by atoms with van der Waals surface area (Å²) in [7, 11) is 1.82. The molecular formula is C50H59NO2S. The molecule has 0 aromatic carbocycles. The van der Waals surface area contributed by atoms with E-state index in [2.05, 4.69) is 44.0 Å². The van der Waals surface area contributed by atoms with Crippen LogP contribution >= 0.6 is 11.3 Å². The molecule has 1 aromatic heterocycles. The van der Waals surface area contributed by atoms with Gasteiger partial charge in [0.1, 0.15) is 0 Å². The Labute approximate surface area is 325 Å². The van der Waals surface area contributed by atoms with Crippen molar-refractivity contribution in [3.8, 4) is 0 Å². The van der Waals surface area contributed by atoms with Gasteiger partial charge in [-0.05, 0) is 216 Å². The van der Waals surface area contributed by atoms with Gasteiger partial charge in [0.15, 0.2) is 0 Å². The Balaban J connectivity index is 0.914. The smallest absolute Gasteiger partial charge is 0.0700 e. The topological polar surface area (TPSA) is 21.7 Å². The molecule has 0 bridgehead atoms. The highest BCUT2D eigenvalue weighted by Crippen LogP contribution is 2.93. The number of ether oxygens (including phenoxy) is 2. The number of fused-ring (bicyclic) bond motifs is 1. The largest absolute Gasteiger partial charge is 0.382 e. The third kappa shape index (κ3) is 2.64. The number of thiophene rings is 1. The minimum Gasteiger partial charge on any atom is -0.382 e. The zero-order valence-corrected chi connectivity index (χ0v) is 33.0. The fourth-order valence-electron chi connectivity index (χ4n) is 26.1. The van der Waals surface area contributed by atoms with Crippen LogP contribution in [0.3, 0.4) is 0 Å². The maximum Gasteiger partial charge on any atom is 0.0700 e. The summed E-state index contributed by atoms with van der Waals surface area (Å²) >= 11 is 1.99. The first-order valence-corrected chi connectivity index (χ1v) is 25.0. The summed E-state index contributed by atoms with van der Waals surface area (Å²) < 4.78 is 11.8. The van der Waals surface area contributed by atoms with Crippen LogP contribution in [0.5, 0.6) is 0 Å². The zero-order valence-electron chi connectivity index (χ0n) is 32.2. The Kier molecular flexibility index (Phi) is 4.86. The molecule has 28 atom stereocenters. The molecule has 1 aliphatic heterocycles. The van der Waals surface area contributed by atoms with Crippen molar-refractivity contribution in [1.82, 2.24) is 4.90 Å². The van der Waals surface area contributed by atoms with Crippen LogP contribution in [0.4, 0.5) is 0 Å². The van der Waals surface area contributed by atoms with E-state index >= 15 is 0 Å². The SMILES string of the molecule is COCCOCCN1CC2C3=C4C5C6=C(C3)CC3CC7CC8CC9CC%10CC%11CC2(C2C4C4C5C5C(C63)C7C3C8C9C6C%10C(C4C6C35)C%112)C1c1ccsc1.